The molecule has 0 saturated heterocycles. The van der Waals surface area contributed by atoms with Crippen molar-refractivity contribution in [2.24, 2.45) is 0 Å². The lowest BCUT2D eigenvalue weighted by molar-refractivity contribution is 0.0585. The molecule has 0 fully saturated rings. The summed E-state index contributed by atoms with van der Waals surface area (Å²) in [6.07, 6.45) is 0. The van der Waals surface area contributed by atoms with Gasteiger partial charge in [-0.1, -0.05) is 31.9 Å². The molecule has 0 aromatic heterocycles. The lowest BCUT2D eigenvalue weighted by Gasteiger charge is -2.11. The largest absolute Gasteiger partial charge is 0.465 e. The Bertz CT molecular complexity index is 428. The predicted octanol–water partition coefficient (Wildman–Crippen LogP) is 3.05. The van der Waals surface area contributed by atoms with Crippen LogP contribution in [0.4, 0.5) is 0 Å². The third-order valence-electron chi connectivity index (χ3n) is 2.43. The summed E-state index contributed by atoms with van der Waals surface area (Å²) >= 11 is 6.57. The molecule has 18 heavy (non-hydrogen) atoms. The summed E-state index contributed by atoms with van der Waals surface area (Å²) < 4.78 is 9.43. The molecule has 4 nitrogen and oxygen atoms in total. The number of benzene rings is 1. The molecule has 0 aliphatic rings. The van der Waals surface area contributed by atoms with E-state index in [2.05, 4.69) is 31.9 Å². The van der Waals surface area contributed by atoms with Crippen LogP contribution >= 0.6 is 31.9 Å². The minimum absolute atomic E-state index is 0.428. The van der Waals surface area contributed by atoms with Crippen molar-refractivity contribution < 1.29 is 19.1 Å². The third kappa shape index (κ3) is 3.11. The van der Waals surface area contributed by atoms with Crippen LogP contribution in [-0.2, 0) is 20.1 Å². The van der Waals surface area contributed by atoms with Crippen LogP contribution in [0.15, 0.2) is 12.1 Å². The summed E-state index contributed by atoms with van der Waals surface area (Å²) in [5, 5.41) is 0.897. The molecule has 0 radical (unpaired) electrons. The fraction of sp³-hybridized carbons (Fsp3) is 0.333. The number of methoxy groups -OCH3 is 2. The minimum atomic E-state index is -0.428. The molecule has 6 heteroatoms. The minimum Gasteiger partial charge on any atom is -0.465 e. The Morgan fingerprint density at radius 3 is 1.50 bits per heavy atom. The number of hydrogen-bond donors (Lipinski definition) is 0. The Morgan fingerprint density at radius 1 is 0.944 bits per heavy atom. The second-order valence-corrected chi connectivity index (χ2v) is 4.54. The standard InChI is InChI=1S/C12H12Br2O4/c1-17-11(15)9-3-8(6-14)10(12(16)18-2)4-7(9)5-13/h3-4H,5-6H2,1-2H3. The first-order valence-electron chi connectivity index (χ1n) is 5.03. The normalized spacial score (nSPS) is 10.0. The van der Waals surface area contributed by atoms with Crippen molar-refractivity contribution >= 4 is 43.8 Å². The van der Waals surface area contributed by atoms with E-state index < -0.39 is 11.9 Å². The highest BCUT2D eigenvalue weighted by atomic mass is 79.9. The number of carbonyl (C=O) groups excluding carboxylic acids is 2. The highest BCUT2D eigenvalue weighted by molar-refractivity contribution is 9.08. The maximum absolute atomic E-state index is 11.6. The fourth-order valence-electron chi connectivity index (χ4n) is 1.51. The summed E-state index contributed by atoms with van der Waals surface area (Å²) in [6, 6.07) is 3.28. The van der Waals surface area contributed by atoms with Crippen LogP contribution < -0.4 is 0 Å². The van der Waals surface area contributed by atoms with Crippen molar-refractivity contribution in [3.8, 4) is 0 Å². The van der Waals surface area contributed by atoms with Crippen molar-refractivity contribution in [1.29, 1.82) is 0 Å². The van der Waals surface area contributed by atoms with Crippen LogP contribution in [0.2, 0.25) is 0 Å². The Hall–Kier alpha value is -0.880. The number of halogens is 2. The number of carbonyl (C=O) groups is 2. The van der Waals surface area contributed by atoms with Gasteiger partial charge in [-0.25, -0.2) is 9.59 Å². The van der Waals surface area contributed by atoms with Crippen LogP contribution in [0.5, 0.6) is 0 Å². The van der Waals surface area contributed by atoms with Crippen molar-refractivity contribution in [3.05, 3.63) is 34.4 Å². The third-order valence-corrected chi connectivity index (χ3v) is 3.64. The number of hydrogen-bond acceptors (Lipinski definition) is 4. The van der Waals surface area contributed by atoms with E-state index in [0.29, 0.717) is 32.9 Å². The Kier molecular flexibility index (Phi) is 5.81. The second kappa shape index (κ2) is 6.89. The van der Waals surface area contributed by atoms with Crippen molar-refractivity contribution in [2.75, 3.05) is 14.2 Å². The predicted molar refractivity (Wildman–Crippen MR) is 74.4 cm³/mol. The molecular formula is C12H12Br2O4. The molecule has 0 N–H and O–H groups in total. The van der Waals surface area contributed by atoms with E-state index in [1.807, 2.05) is 0 Å². The van der Waals surface area contributed by atoms with Gasteiger partial charge in [0.05, 0.1) is 25.3 Å². The first-order valence-corrected chi connectivity index (χ1v) is 7.27. The van der Waals surface area contributed by atoms with Crippen LogP contribution in [0.1, 0.15) is 31.8 Å². The summed E-state index contributed by atoms with van der Waals surface area (Å²) in [4.78, 5) is 23.3. The fourth-order valence-corrected chi connectivity index (χ4v) is 2.44. The Labute approximate surface area is 122 Å². The van der Waals surface area contributed by atoms with Gasteiger partial charge in [-0.15, -0.1) is 0 Å². The Morgan fingerprint density at radius 2 is 1.28 bits per heavy atom. The Balaban J connectivity index is 3.41. The van der Waals surface area contributed by atoms with Crippen LogP contribution in [0.25, 0.3) is 0 Å². The molecular weight excluding hydrogens is 368 g/mol. The van der Waals surface area contributed by atoms with E-state index in [0.717, 1.165) is 0 Å². The van der Waals surface area contributed by atoms with Gasteiger partial charge in [0, 0.05) is 10.7 Å². The van der Waals surface area contributed by atoms with Crippen LogP contribution in [0.3, 0.4) is 0 Å². The molecule has 1 aromatic carbocycles. The zero-order valence-electron chi connectivity index (χ0n) is 9.96. The number of rotatable bonds is 4. The van der Waals surface area contributed by atoms with Gasteiger partial charge < -0.3 is 9.47 Å². The summed E-state index contributed by atoms with van der Waals surface area (Å²) in [5.41, 5.74) is 2.26. The van der Waals surface area contributed by atoms with E-state index in [1.54, 1.807) is 12.1 Å². The maximum Gasteiger partial charge on any atom is 0.338 e. The molecule has 1 rings (SSSR count). The van der Waals surface area contributed by atoms with E-state index >= 15 is 0 Å². The summed E-state index contributed by atoms with van der Waals surface area (Å²) in [6.45, 7) is 0. The van der Waals surface area contributed by atoms with E-state index in [9.17, 15) is 9.59 Å². The molecule has 0 aliphatic carbocycles. The zero-order valence-corrected chi connectivity index (χ0v) is 13.1. The van der Waals surface area contributed by atoms with Crippen LogP contribution in [-0.4, -0.2) is 26.2 Å². The van der Waals surface area contributed by atoms with Gasteiger partial charge in [-0.3, -0.25) is 0 Å². The van der Waals surface area contributed by atoms with Crippen molar-refractivity contribution in [2.45, 2.75) is 10.7 Å². The summed E-state index contributed by atoms with van der Waals surface area (Å²) in [7, 11) is 2.64. The van der Waals surface area contributed by atoms with Gasteiger partial charge in [-0.05, 0) is 23.3 Å². The highest BCUT2D eigenvalue weighted by Gasteiger charge is 2.19. The quantitative estimate of drug-likeness (QED) is 0.596. The number of esters is 2. The molecule has 0 unspecified atom stereocenters. The molecule has 0 saturated carbocycles. The molecule has 0 amide bonds. The molecule has 0 spiro atoms. The molecule has 1 aromatic rings. The first-order chi connectivity index (χ1) is 8.58. The smallest absolute Gasteiger partial charge is 0.338 e. The molecule has 0 aliphatic heterocycles. The van der Waals surface area contributed by atoms with Crippen LogP contribution in [0, 0.1) is 0 Å². The van der Waals surface area contributed by atoms with Gasteiger partial charge in [0.2, 0.25) is 0 Å². The average molecular weight is 380 g/mol. The lowest BCUT2D eigenvalue weighted by atomic mass is 10.00. The molecule has 0 bridgehead atoms. The second-order valence-electron chi connectivity index (χ2n) is 3.42. The van der Waals surface area contributed by atoms with Crippen molar-refractivity contribution in [3.63, 3.8) is 0 Å². The van der Waals surface area contributed by atoms with Gasteiger partial charge in [-0.2, -0.15) is 0 Å². The molecule has 0 atom stereocenters. The van der Waals surface area contributed by atoms with Gasteiger partial charge in [0.15, 0.2) is 0 Å². The summed E-state index contributed by atoms with van der Waals surface area (Å²) in [5.74, 6) is -0.855. The number of ether oxygens (including phenoxy) is 2. The first kappa shape index (κ1) is 15.2. The molecule has 98 valence electrons. The molecule has 0 heterocycles. The van der Waals surface area contributed by atoms with Crippen molar-refractivity contribution in [1.82, 2.24) is 0 Å². The highest BCUT2D eigenvalue weighted by Crippen LogP contribution is 2.23. The monoisotopic (exact) mass is 378 g/mol. The number of alkyl halides is 2. The zero-order chi connectivity index (χ0) is 13.7. The maximum atomic E-state index is 11.6. The van der Waals surface area contributed by atoms with E-state index in [4.69, 9.17) is 9.47 Å². The lowest BCUT2D eigenvalue weighted by Crippen LogP contribution is -2.11. The average Bonchev–Trinajstić information content (AvgIpc) is 2.43. The van der Waals surface area contributed by atoms with Gasteiger partial charge >= 0.3 is 11.9 Å². The van der Waals surface area contributed by atoms with Gasteiger partial charge in [0.25, 0.3) is 0 Å². The topological polar surface area (TPSA) is 52.6 Å². The van der Waals surface area contributed by atoms with E-state index in [-0.39, 0.29) is 0 Å². The van der Waals surface area contributed by atoms with Gasteiger partial charge in [0.1, 0.15) is 0 Å². The van der Waals surface area contributed by atoms with E-state index in [1.165, 1.54) is 14.2 Å². The SMILES string of the molecule is COC(=O)c1cc(CBr)c(C(=O)OC)cc1CBr.